The lowest BCUT2D eigenvalue weighted by molar-refractivity contribution is 0.555. The Morgan fingerprint density at radius 3 is 2.33 bits per heavy atom. The van der Waals surface area contributed by atoms with Crippen LogP contribution < -0.4 is 4.72 Å². The molecule has 0 unspecified atom stereocenters. The Morgan fingerprint density at radius 1 is 1.14 bits per heavy atom. The molecule has 3 rings (SSSR count). The number of hydrogen-bond acceptors (Lipinski definition) is 3. The van der Waals surface area contributed by atoms with Gasteiger partial charge in [-0.15, -0.1) is 0 Å². The smallest absolute Gasteiger partial charge is 0.242 e. The van der Waals surface area contributed by atoms with Gasteiger partial charge in [0, 0.05) is 12.2 Å². The van der Waals surface area contributed by atoms with Gasteiger partial charge in [0.15, 0.2) is 0 Å². The van der Waals surface area contributed by atoms with Gasteiger partial charge in [0.2, 0.25) is 10.0 Å². The number of nitrogens with zero attached hydrogens (tertiary/aromatic N) is 1. The van der Waals surface area contributed by atoms with E-state index in [1.54, 1.807) is 0 Å². The van der Waals surface area contributed by atoms with Gasteiger partial charge in [0.25, 0.3) is 0 Å². The van der Waals surface area contributed by atoms with Crippen molar-refractivity contribution in [2.75, 3.05) is 0 Å². The van der Waals surface area contributed by atoms with Crippen molar-refractivity contribution in [2.45, 2.75) is 23.8 Å². The van der Waals surface area contributed by atoms with E-state index in [0.717, 1.165) is 0 Å². The lowest BCUT2D eigenvalue weighted by Gasteiger charge is -2.12. The predicted molar refractivity (Wildman–Crippen MR) is 82.2 cm³/mol. The molecule has 1 N–H and O–H groups in total. The van der Waals surface area contributed by atoms with Crippen molar-refractivity contribution in [1.29, 1.82) is 0 Å². The number of hydrogen-bond donors (Lipinski definition) is 1. The number of fused-ring (bicyclic) bond motifs is 1. The first-order valence-corrected chi connectivity index (χ1v) is 8.60. The highest BCUT2D eigenvalue weighted by atomic mass is 35.5. The number of halogens is 2. The van der Waals surface area contributed by atoms with Crippen LogP contribution in [0.3, 0.4) is 0 Å². The summed E-state index contributed by atoms with van der Waals surface area (Å²) in [5, 5.41) is 0.207. The largest absolute Gasteiger partial charge is 0.242 e. The van der Waals surface area contributed by atoms with Gasteiger partial charge in [0.05, 0.1) is 5.02 Å². The Labute approximate surface area is 133 Å². The average Bonchev–Trinajstić information content (AvgIpc) is 2.82. The first kappa shape index (κ1) is 14.8. The Hall–Kier alpha value is -1.14. The maximum Gasteiger partial charge on any atom is 0.242 e. The topological polar surface area (TPSA) is 59.1 Å². The van der Waals surface area contributed by atoms with Crippen molar-refractivity contribution >= 4 is 33.2 Å². The van der Waals surface area contributed by atoms with Crippen LogP contribution in [0.2, 0.25) is 10.2 Å². The number of benzene rings is 1. The molecule has 1 aromatic carbocycles. The summed E-state index contributed by atoms with van der Waals surface area (Å²) in [5.41, 5.74) is 2.36. The summed E-state index contributed by atoms with van der Waals surface area (Å²) in [6.45, 7) is 0. The van der Waals surface area contributed by atoms with Gasteiger partial charge in [-0.05, 0) is 30.0 Å². The van der Waals surface area contributed by atoms with Gasteiger partial charge in [-0.2, -0.15) is 0 Å². The predicted octanol–water partition coefficient (Wildman–Crippen LogP) is 2.83. The molecule has 0 fully saturated rings. The molecule has 1 aliphatic carbocycles. The zero-order valence-electron chi connectivity index (χ0n) is 10.9. The quantitative estimate of drug-likeness (QED) is 0.872. The Morgan fingerprint density at radius 2 is 1.76 bits per heavy atom. The molecule has 0 saturated carbocycles. The maximum absolute atomic E-state index is 12.3. The molecule has 21 heavy (non-hydrogen) atoms. The Bertz CT molecular complexity index is 768. The normalized spacial score (nSPS) is 15.1. The zero-order valence-corrected chi connectivity index (χ0v) is 13.2. The van der Waals surface area contributed by atoms with Gasteiger partial charge in [-0.1, -0.05) is 47.5 Å². The van der Waals surface area contributed by atoms with E-state index in [4.69, 9.17) is 23.2 Å². The monoisotopic (exact) mass is 342 g/mol. The first-order valence-electron chi connectivity index (χ1n) is 6.36. The minimum absolute atomic E-state index is 0.0212. The molecule has 0 radical (unpaired) electrons. The van der Waals surface area contributed by atoms with Crippen LogP contribution in [0.25, 0.3) is 0 Å². The summed E-state index contributed by atoms with van der Waals surface area (Å²) in [7, 11) is -3.66. The third-order valence-corrected chi connectivity index (χ3v) is 5.63. The van der Waals surface area contributed by atoms with Crippen LogP contribution in [0.5, 0.6) is 0 Å². The van der Waals surface area contributed by atoms with E-state index in [0.29, 0.717) is 12.8 Å². The van der Waals surface area contributed by atoms with Crippen LogP contribution in [-0.2, 0) is 22.9 Å². The molecule has 1 aromatic heterocycles. The summed E-state index contributed by atoms with van der Waals surface area (Å²) >= 11 is 11.5. The molecule has 0 atom stereocenters. The van der Waals surface area contributed by atoms with E-state index >= 15 is 0 Å². The fraction of sp³-hybridized carbons (Fsp3) is 0.214. The van der Waals surface area contributed by atoms with Crippen LogP contribution in [-0.4, -0.2) is 19.4 Å². The van der Waals surface area contributed by atoms with Crippen molar-refractivity contribution < 1.29 is 8.42 Å². The molecule has 0 aliphatic heterocycles. The summed E-state index contributed by atoms with van der Waals surface area (Å²) in [5.74, 6) is 0. The highest BCUT2D eigenvalue weighted by molar-refractivity contribution is 7.89. The molecule has 2 aromatic rings. The molecule has 4 nitrogen and oxygen atoms in total. The lowest BCUT2D eigenvalue weighted by atomic mass is 10.1. The van der Waals surface area contributed by atoms with Crippen molar-refractivity contribution in [3.8, 4) is 0 Å². The molecule has 0 amide bonds. The number of rotatable bonds is 3. The standard InChI is InChI=1S/C14H12Cl2N2O2S/c15-13-7-12(8-17-14(13)16)21(19,20)18-11-5-9-3-1-2-4-10(9)6-11/h1-4,7-8,11,18H,5-6H2. The summed E-state index contributed by atoms with van der Waals surface area (Å²) in [4.78, 5) is 3.79. The lowest BCUT2D eigenvalue weighted by Crippen LogP contribution is -2.35. The van der Waals surface area contributed by atoms with Crippen molar-refractivity contribution in [3.63, 3.8) is 0 Å². The molecular weight excluding hydrogens is 331 g/mol. The number of nitrogens with one attached hydrogen (secondary N) is 1. The van der Waals surface area contributed by atoms with Crippen molar-refractivity contribution in [2.24, 2.45) is 0 Å². The zero-order chi connectivity index (χ0) is 15.0. The fourth-order valence-corrected chi connectivity index (χ4v) is 4.02. The van der Waals surface area contributed by atoms with Crippen LogP contribution in [0.1, 0.15) is 11.1 Å². The Balaban J connectivity index is 1.80. The second kappa shape index (κ2) is 5.57. The average molecular weight is 343 g/mol. The third-order valence-electron chi connectivity index (χ3n) is 3.45. The summed E-state index contributed by atoms with van der Waals surface area (Å²) in [6, 6.07) is 9.11. The van der Waals surface area contributed by atoms with Crippen LogP contribution >= 0.6 is 23.2 Å². The van der Waals surface area contributed by atoms with Gasteiger partial charge in [-0.3, -0.25) is 0 Å². The van der Waals surface area contributed by atoms with Gasteiger partial charge >= 0.3 is 0 Å². The van der Waals surface area contributed by atoms with E-state index in [9.17, 15) is 8.42 Å². The summed E-state index contributed by atoms with van der Waals surface area (Å²) in [6.07, 6.45) is 2.58. The third kappa shape index (κ3) is 3.06. The fourth-order valence-electron chi connectivity index (χ4n) is 2.48. The highest BCUT2D eigenvalue weighted by Crippen LogP contribution is 2.25. The van der Waals surface area contributed by atoms with Gasteiger partial charge in [0.1, 0.15) is 10.0 Å². The SMILES string of the molecule is O=S(=O)(NC1Cc2ccccc2C1)c1cnc(Cl)c(Cl)c1. The van der Waals surface area contributed by atoms with E-state index in [2.05, 4.69) is 9.71 Å². The molecule has 1 heterocycles. The van der Waals surface area contributed by atoms with E-state index < -0.39 is 10.0 Å². The van der Waals surface area contributed by atoms with Gasteiger partial charge in [-0.25, -0.2) is 18.1 Å². The first-order chi connectivity index (χ1) is 9.95. The molecule has 110 valence electrons. The minimum Gasteiger partial charge on any atom is -0.242 e. The second-order valence-electron chi connectivity index (χ2n) is 4.94. The molecular formula is C14H12Cl2N2O2S. The second-order valence-corrected chi connectivity index (χ2v) is 7.42. The van der Waals surface area contributed by atoms with Crippen LogP contribution in [0.15, 0.2) is 41.4 Å². The van der Waals surface area contributed by atoms with Crippen LogP contribution in [0.4, 0.5) is 0 Å². The number of sulfonamides is 1. The Kier molecular flexibility index (Phi) is 3.92. The molecule has 7 heteroatoms. The molecule has 0 bridgehead atoms. The summed E-state index contributed by atoms with van der Waals surface area (Å²) < 4.78 is 27.4. The van der Waals surface area contributed by atoms with E-state index in [1.165, 1.54) is 23.4 Å². The molecule has 0 saturated heterocycles. The van der Waals surface area contributed by atoms with E-state index in [-0.39, 0.29) is 21.1 Å². The van der Waals surface area contributed by atoms with Crippen LogP contribution in [0, 0.1) is 0 Å². The van der Waals surface area contributed by atoms with Crippen molar-refractivity contribution in [3.05, 3.63) is 57.8 Å². The van der Waals surface area contributed by atoms with E-state index in [1.807, 2.05) is 24.3 Å². The minimum atomic E-state index is -3.66. The molecule has 0 spiro atoms. The molecule has 1 aliphatic rings. The maximum atomic E-state index is 12.3. The highest BCUT2D eigenvalue weighted by Gasteiger charge is 2.26. The van der Waals surface area contributed by atoms with Crippen molar-refractivity contribution in [1.82, 2.24) is 9.71 Å². The number of aromatic nitrogens is 1. The number of pyridine rings is 1. The van der Waals surface area contributed by atoms with Gasteiger partial charge < -0.3 is 0 Å².